The molecule has 1 atom stereocenters. The van der Waals surface area contributed by atoms with Crippen molar-refractivity contribution in [2.24, 2.45) is 11.1 Å². The Bertz CT molecular complexity index is 741. The van der Waals surface area contributed by atoms with Crippen molar-refractivity contribution in [3.05, 3.63) is 24.3 Å². The average molecular weight is 418 g/mol. The first-order valence-electron chi connectivity index (χ1n) is 9.18. The van der Waals surface area contributed by atoms with Gasteiger partial charge in [0.2, 0.25) is 15.9 Å². The maximum atomic E-state index is 13.0. The number of anilines is 1. The van der Waals surface area contributed by atoms with Crippen LogP contribution in [0.3, 0.4) is 0 Å². The minimum Gasteiger partial charge on any atom is -0.325 e. The summed E-state index contributed by atoms with van der Waals surface area (Å²) in [7, 11) is -1.95. The zero-order chi connectivity index (χ0) is 19.5. The van der Waals surface area contributed by atoms with Gasteiger partial charge < -0.3 is 11.1 Å². The molecule has 27 heavy (non-hydrogen) atoms. The largest absolute Gasteiger partial charge is 0.325 e. The molecule has 0 radical (unpaired) electrons. The Kier molecular flexibility index (Phi) is 8.29. The molecule has 0 unspecified atom stereocenters. The number of rotatable bonds is 5. The van der Waals surface area contributed by atoms with Crippen LogP contribution in [0.25, 0.3) is 0 Å². The Labute approximate surface area is 169 Å². The molecule has 1 aromatic rings. The van der Waals surface area contributed by atoms with E-state index < -0.39 is 16.1 Å². The molecule has 1 aliphatic rings. The van der Waals surface area contributed by atoms with E-state index in [0.717, 1.165) is 25.7 Å². The summed E-state index contributed by atoms with van der Waals surface area (Å²) in [4.78, 5) is 12.5. The lowest BCUT2D eigenvalue weighted by Crippen LogP contribution is -2.45. The molecule has 6 nitrogen and oxygen atoms in total. The molecule has 154 valence electrons. The van der Waals surface area contributed by atoms with E-state index in [1.54, 1.807) is 25.2 Å². The van der Waals surface area contributed by atoms with E-state index in [0.29, 0.717) is 5.69 Å². The van der Waals surface area contributed by atoms with Gasteiger partial charge in [0.1, 0.15) is 0 Å². The molecule has 0 bridgehead atoms. The van der Waals surface area contributed by atoms with Crippen molar-refractivity contribution in [2.75, 3.05) is 12.4 Å². The summed E-state index contributed by atoms with van der Waals surface area (Å²) in [6.07, 6.45) is 5.08. The molecule has 3 N–H and O–H groups in total. The first-order chi connectivity index (χ1) is 12.0. The molecule has 0 aliphatic heterocycles. The number of hydrogen-bond acceptors (Lipinski definition) is 4. The second-order valence-electron chi connectivity index (χ2n) is 8.17. The highest BCUT2D eigenvalue weighted by Gasteiger charge is 2.30. The fourth-order valence-electron chi connectivity index (χ4n) is 3.15. The van der Waals surface area contributed by atoms with Gasteiger partial charge in [-0.3, -0.25) is 4.79 Å². The van der Waals surface area contributed by atoms with Crippen LogP contribution in [-0.2, 0) is 14.8 Å². The van der Waals surface area contributed by atoms with Crippen molar-refractivity contribution in [1.29, 1.82) is 0 Å². The minimum atomic E-state index is -3.59. The van der Waals surface area contributed by atoms with E-state index in [9.17, 15) is 13.2 Å². The lowest BCUT2D eigenvalue weighted by atomic mass is 9.87. The molecule has 1 fully saturated rings. The average Bonchev–Trinajstić information content (AvgIpc) is 2.60. The van der Waals surface area contributed by atoms with Gasteiger partial charge in [0.25, 0.3) is 0 Å². The normalized spacial score (nSPS) is 17.3. The number of nitrogens with two attached hydrogens (primary N) is 1. The van der Waals surface area contributed by atoms with Crippen molar-refractivity contribution in [2.45, 2.75) is 69.9 Å². The number of benzene rings is 1. The maximum Gasteiger partial charge on any atom is 0.243 e. The van der Waals surface area contributed by atoms with Crippen LogP contribution < -0.4 is 11.1 Å². The van der Waals surface area contributed by atoms with Crippen molar-refractivity contribution in [3.63, 3.8) is 0 Å². The molecule has 2 rings (SSSR count). The van der Waals surface area contributed by atoms with Crippen LogP contribution in [0.5, 0.6) is 0 Å². The number of halogens is 1. The van der Waals surface area contributed by atoms with Gasteiger partial charge in [0.05, 0.1) is 10.9 Å². The fraction of sp³-hybridized carbons (Fsp3) is 0.632. The maximum absolute atomic E-state index is 13.0. The Morgan fingerprint density at radius 1 is 1.22 bits per heavy atom. The second kappa shape index (κ2) is 9.37. The van der Waals surface area contributed by atoms with Gasteiger partial charge in [-0.15, -0.1) is 12.4 Å². The van der Waals surface area contributed by atoms with Crippen LogP contribution in [0.4, 0.5) is 5.69 Å². The predicted octanol–water partition coefficient (Wildman–Crippen LogP) is 3.37. The lowest BCUT2D eigenvalue weighted by molar-refractivity contribution is -0.119. The van der Waals surface area contributed by atoms with Crippen molar-refractivity contribution < 1.29 is 13.2 Å². The molecule has 1 aliphatic carbocycles. The SMILES string of the molecule is CN(C1CCCCC1)S(=O)(=O)c1cccc(NC(=O)[C@@H](N)C(C)(C)C)c1.Cl. The Morgan fingerprint density at radius 2 is 1.81 bits per heavy atom. The molecule has 1 aromatic carbocycles. The van der Waals surface area contributed by atoms with Gasteiger partial charge in [-0.25, -0.2) is 8.42 Å². The molecule has 0 saturated heterocycles. The molecular formula is C19H32ClN3O3S. The summed E-state index contributed by atoms with van der Waals surface area (Å²) < 4.78 is 27.4. The van der Waals surface area contributed by atoms with Gasteiger partial charge in [0, 0.05) is 18.8 Å². The minimum absolute atomic E-state index is 0. The van der Waals surface area contributed by atoms with Gasteiger partial charge in [-0.1, -0.05) is 46.1 Å². The second-order valence-corrected chi connectivity index (χ2v) is 10.2. The van der Waals surface area contributed by atoms with Crippen LogP contribution in [0.2, 0.25) is 0 Å². The first kappa shape index (κ1) is 23.9. The van der Waals surface area contributed by atoms with Gasteiger partial charge >= 0.3 is 0 Å². The number of carbonyl (C=O) groups excluding carboxylic acids is 1. The molecule has 0 aromatic heterocycles. The third kappa shape index (κ3) is 5.91. The number of sulfonamides is 1. The van der Waals surface area contributed by atoms with E-state index in [1.165, 1.54) is 16.8 Å². The molecular weight excluding hydrogens is 386 g/mol. The summed E-state index contributed by atoms with van der Waals surface area (Å²) in [6, 6.07) is 5.73. The van der Waals surface area contributed by atoms with Crippen molar-refractivity contribution in [3.8, 4) is 0 Å². The number of amides is 1. The number of hydrogen-bond donors (Lipinski definition) is 2. The summed E-state index contributed by atoms with van der Waals surface area (Å²) in [5, 5.41) is 2.73. The zero-order valence-electron chi connectivity index (χ0n) is 16.6. The number of nitrogens with one attached hydrogen (secondary N) is 1. The van der Waals surface area contributed by atoms with E-state index in [2.05, 4.69) is 5.32 Å². The van der Waals surface area contributed by atoms with Crippen LogP contribution in [0.1, 0.15) is 52.9 Å². The van der Waals surface area contributed by atoms with E-state index in [1.807, 2.05) is 20.8 Å². The quantitative estimate of drug-likeness (QED) is 0.768. The topological polar surface area (TPSA) is 92.5 Å². The van der Waals surface area contributed by atoms with Crippen LogP contribution >= 0.6 is 12.4 Å². The summed E-state index contributed by atoms with van der Waals surface area (Å²) in [5.41, 5.74) is 6.03. The van der Waals surface area contributed by atoms with Gasteiger partial charge in [-0.05, 0) is 36.5 Å². The van der Waals surface area contributed by atoms with Crippen LogP contribution in [0, 0.1) is 5.41 Å². The molecule has 0 heterocycles. The summed E-state index contributed by atoms with van der Waals surface area (Å²) in [6.45, 7) is 5.66. The first-order valence-corrected chi connectivity index (χ1v) is 10.6. The van der Waals surface area contributed by atoms with Crippen molar-refractivity contribution >= 4 is 34.0 Å². The van der Waals surface area contributed by atoms with Crippen LogP contribution in [-0.4, -0.2) is 37.8 Å². The van der Waals surface area contributed by atoms with E-state index in [-0.39, 0.29) is 34.7 Å². The third-order valence-electron chi connectivity index (χ3n) is 5.08. The lowest BCUT2D eigenvalue weighted by Gasteiger charge is -2.30. The monoisotopic (exact) mass is 417 g/mol. The Balaban J connectivity index is 0.00000364. The Hall–Kier alpha value is -1.15. The summed E-state index contributed by atoms with van der Waals surface area (Å²) >= 11 is 0. The van der Waals surface area contributed by atoms with Gasteiger partial charge in [-0.2, -0.15) is 4.31 Å². The summed E-state index contributed by atoms with van der Waals surface area (Å²) in [5.74, 6) is -0.326. The molecule has 1 amide bonds. The molecule has 0 spiro atoms. The number of nitrogens with zero attached hydrogens (tertiary/aromatic N) is 1. The zero-order valence-corrected chi connectivity index (χ0v) is 18.2. The standard InChI is InChI=1S/C19H31N3O3S.ClH/c1-19(2,3)17(20)18(23)21-14-9-8-12-16(13-14)26(24,25)22(4)15-10-6-5-7-11-15;/h8-9,12-13,15,17H,5-7,10-11,20H2,1-4H3,(H,21,23);1H/t17-;/m1./s1. The third-order valence-corrected chi connectivity index (χ3v) is 6.99. The van der Waals surface area contributed by atoms with E-state index in [4.69, 9.17) is 5.73 Å². The smallest absolute Gasteiger partial charge is 0.243 e. The molecule has 1 saturated carbocycles. The molecule has 8 heteroatoms. The van der Waals surface area contributed by atoms with Gasteiger partial charge in [0.15, 0.2) is 0 Å². The van der Waals surface area contributed by atoms with E-state index >= 15 is 0 Å². The Morgan fingerprint density at radius 3 is 2.37 bits per heavy atom. The highest BCUT2D eigenvalue weighted by molar-refractivity contribution is 7.89. The number of carbonyl (C=O) groups is 1. The fourth-order valence-corrected chi connectivity index (χ4v) is 4.62. The van der Waals surface area contributed by atoms with Crippen LogP contribution in [0.15, 0.2) is 29.2 Å². The highest BCUT2D eigenvalue weighted by Crippen LogP contribution is 2.27. The van der Waals surface area contributed by atoms with Crippen molar-refractivity contribution in [1.82, 2.24) is 4.31 Å². The predicted molar refractivity (Wildman–Crippen MR) is 112 cm³/mol. The highest BCUT2D eigenvalue weighted by atomic mass is 35.5.